The molecule has 134 valence electrons. The van der Waals surface area contributed by atoms with Crippen LogP contribution in [0.3, 0.4) is 0 Å². The maximum absolute atomic E-state index is 12.0. The van der Waals surface area contributed by atoms with Crippen molar-refractivity contribution >= 4 is 23.4 Å². The lowest BCUT2D eigenvalue weighted by molar-refractivity contribution is 0.252. The molecule has 7 nitrogen and oxygen atoms in total. The fourth-order valence-electron chi connectivity index (χ4n) is 2.41. The van der Waals surface area contributed by atoms with E-state index in [1.54, 1.807) is 0 Å². The number of aryl methyl sites for hydroxylation is 2. The van der Waals surface area contributed by atoms with E-state index < -0.39 is 0 Å². The lowest BCUT2D eigenvalue weighted by Crippen LogP contribution is -2.33. The number of benzene rings is 1. The summed E-state index contributed by atoms with van der Waals surface area (Å²) in [6.07, 6.45) is 0.874. The second kappa shape index (κ2) is 9.46. The first-order valence-electron chi connectivity index (χ1n) is 8.58. The minimum Gasteiger partial charge on any atom is -0.370 e. The molecule has 0 aliphatic rings. The SMILES string of the molecule is CCNc1cc(NCCNC(=O)Nc2ccccc2CC)nc(C)n1. The third-order valence-corrected chi connectivity index (χ3v) is 3.56. The quantitative estimate of drug-likeness (QED) is 0.554. The summed E-state index contributed by atoms with van der Waals surface area (Å²) in [6.45, 7) is 7.79. The summed E-state index contributed by atoms with van der Waals surface area (Å²) in [4.78, 5) is 20.6. The van der Waals surface area contributed by atoms with Crippen LogP contribution in [0, 0.1) is 6.92 Å². The third-order valence-electron chi connectivity index (χ3n) is 3.56. The molecule has 0 saturated heterocycles. The fourth-order valence-corrected chi connectivity index (χ4v) is 2.41. The Hall–Kier alpha value is -2.83. The number of amides is 2. The lowest BCUT2D eigenvalue weighted by atomic mass is 10.1. The topological polar surface area (TPSA) is 91.0 Å². The highest BCUT2D eigenvalue weighted by Crippen LogP contribution is 2.15. The molecule has 0 unspecified atom stereocenters. The number of urea groups is 1. The standard InChI is InChI=1S/C18H26N6O/c1-4-14-8-6-7-9-15(14)24-18(25)21-11-10-20-17-12-16(19-5-2)22-13(3)23-17/h6-9,12H,4-5,10-11H2,1-3H3,(H2,21,24,25)(H2,19,20,22,23). The van der Waals surface area contributed by atoms with E-state index in [0.29, 0.717) is 18.9 Å². The molecule has 0 aliphatic heterocycles. The maximum Gasteiger partial charge on any atom is 0.319 e. The van der Waals surface area contributed by atoms with Gasteiger partial charge in [0.25, 0.3) is 0 Å². The number of hydrogen-bond donors (Lipinski definition) is 4. The van der Waals surface area contributed by atoms with Gasteiger partial charge in [-0.25, -0.2) is 14.8 Å². The number of anilines is 3. The van der Waals surface area contributed by atoms with Crippen LogP contribution >= 0.6 is 0 Å². The van der Waals surface area contributed by atoms with Crippen molar-refractivity contribution in [2.45, 2.75) is 27.2 Å². The summed E-state index contributed by atoms with van der Waals surface area (Å²) in [5, 5.41) is 12.1. The van der Waals surface area contributed by atoms with Crippen molar-refractivity contribution in [2.75, 3.05) is 35.6 Å². The van der Waals surface area contributed by atoms with Crippen LogP contribution in [0.25, 0.3) is 0 Å². The van der Waals surface area contributed by atoms with Crippen LogP contribution in [0.5, 0.6) is 0 Å². The van der Waals surface area contributed by atoms with Gasteiger partial charge >= 0.3 is 6.03 Å². The number of carbonyl (C=O) groups excluding carboxylic acids is 1. The van der Waals surface area contributed by atoms with Crippen LogP contribution in [0.15, 0.2) is 30.3 Å². The summed E-state index contributed by atoms with van der Waals surface area (Å²) < 4.78 is 0. The Morgan fingerprint density at radius 2 is 1.76 bits per heavy atom. The largest absolute Gasteiger partial charge is 0.370 e. The molecule has 0 saturated carbocycles. The summed E-state index contributed by atoms with van der Waals surface area (Å²) in [7, 11) is 0. The van der Waals surface area contributed by atoms with Crippen molar-refractivity contribution in [1.29, 1.82) is 0 Å². The molecule has 0 bridgehead atoms. The van der Waals surface area contributed by atoms with Gasteiger partial charge in [-0.3, -0.25) is 0 Å². The van der Waals surface area contributed by atoms with Crippen LogP contribution in [0.1, 0.15) is 25.2 Å². The van der Waals surface area contributed by atoms with E-state index in [0.717, 1.165) is 35.9 Å². The van der Waals surface area contributed by atoms with E-state index in [4.69, 9.17) is 0 Å². The van der Waals surface area contributed by atoms with E-state index >= 15 is 0 Å². The van der Waals surface area contributed by atoms with Crippen LogP contribution in [-0.4, -0.2) is 35.6 Å². The molecule has 1 aromatic carbocycles. The molecule has 0 aliphatic carbocycles. The van der Waals surface area contributed by atoms with Crippen molar-refractivity contribution in [2.24, 2.45) is 0 Å². The Morgan fingerprint density at radius 1 is 1.04 bits per heavy atom. The van der Waals surface area contributed by atoms with Gasteiger partial charge in [0.15, 0.2) is 0 Å². The van der Waals surface area contributed by atoms with Gasteiger partial charge in [0.2, 0.25) is 0 Å². The van der Waals surface area contributed by atoms with Crippen molar-refractivity contribution in [3.05, 3.63) is 41.7 Å². The highest BCUT2D eigenvalue weighted by molar-refractivity contribution is 5.90. The molecule has 1 aromatic heterocycles. The molecular weight excluding hydrogens is 316 g/mol. The Labute approximate surface area is 148 Å². The van der Waals surface area contributed by atoms with Crippen LogP contribution in [-0.2, 0) is 6.42 Å². The van der Waals surface area contributed by atoms with E-state index in [1.165, 1.54) is 0 Å². The van der Waals surface area contributed by atoms with Gasteiger partial charge in [0, 0.05) is 31.4 Å². The number of para-hydroxylation sites is 1. The Kier molecular flexibility index (Phi) is 7.00. The van der Waals surface area contributed by atoms with Crippen LogP contribution in [0.2, 0.25) is 0 Å². The summed E-state index contributed by atoms with van der Waals surface area (Å²) in [5.41, 5.74) is 1.96. The smallest absolute Gasteiger partial charge is 0.319 e. The van der Waals surface area contributed by atoms with Gasteiger partial charge < -0.3 is 21.3 Å². The van der Waals surface area contributed by atoms with Gasteiger partial charge in [-0.2, -0.15) is 0 Å². The molecule has 0 atom stereocenters. The van der Waals surface area contributed by atoms with Crippen molar-refractivity contribution < 1.29 is 4.79 Å². The number of nitrogens with zero attached hydrogens (tertiary/aromatic N) is 2. The van der Waals surface area contributed by atoms with Crippen molar-refractivity contribution in [1.82, 2.24) is 15.3 Å². The Morgan fingerprint density at radius 3 is 2.48 bits per heavy atom. The molecule has 0 fully saturated rings. The minimum absolute atomic E-state index is 0.213. The molecule has 1 heterocycles. The first kappa shape index (κ1) is 18.5. The van der Waals surface area contributed by atoms with E-state index in [9.17, 15) is 4.79 Å². The molecule has 0 radical (unpaired) electrons. The number of nitrogens with one attached hydrogen (secondary N) is 4. The van der Waals surface area contributed by atoms with Crippen LogP contribution in [0.4, 0.5) is 22.1 Å². The molecular formula is C18H26N6O. The molecule has 25 heavy (non-hydrogen) atoms. The van der Waals surface area contributed by atoms with Gasteiger partial charge in [-0.05, 0) is 31.9 Å². The van der Waals surface area contributed by atoms with Crippen LogP contribution < -0.4 is 21.3 Å². The fraction of sp³-hybridized carbons (Fsp3) is 0.389. The van der Waals surface area contributed by atoms with Crippen molar-refractivity contribution in [3.63, 3.8) is 0 Å². The van der Waals surface area contributed by atoms with Gasteiger partial charge in [-0.15, -0.1) is 0 Å². The monoisotopic (exact) mass is 342 g/mol. The summed E-state index contributed by atoms with van der Waals surface area (Å²) in [6, 6.07) is 9.44. The number of carbonyl (C=O) groups is 1. The number of aromatic nitrogens is 2. The molecule has 2 aromatic rings. The molecule has 2 rings (SSSR count). The lowest BCUT2D eigenvalue weighted by Gasteiger charge is -2.12. The Bertz CT molecular complexity index is 704. The van der Waals surface area contributed by atoms with Gasteiger partial charge in [0.1, 0.15) is 17.5 Å². The van der Waals surface area contributed by atoms with E-state index in [-0.39, 0.29) is 6.03 Å². The van der Waals surface area contributed by atoms with E-state index in [2.05, 4.69) is 38.2 Å². The third kappa shape index (κ3) is 5.95. The highest BCUT2D eigenvalue weighted by atomic mass is 16.2. The Balaban J connectivity index is 1.78. The maximum atomic E-state index is 12.0. The number of hydrogen-bond acceptors (Lipinski definition) is 5. The average molecular weight is 342 g/mol. The van der Waals surface area contributed by atoms with Gasteiger partial charge in [0.05, 0.1) is 0 Å². The first-order chi connectivity index (χ1) is 12.1. The summed E-state index contributed by atoms with van der Waals surface area (Å²) >= 11 is 0. The highest BCUT2D eigenvalue weighted by Gasteiger charge is 2.05. The predicted molar refractivity (Wildman–Crippen MR) is 102 cm³/mol. The van der Waals surface area contributed by atoms with Gasteiger partial charge in [-0.1, -0.05) is 25.1 Å². The first-order valence-corrected chi connectivity index (χ1v) is 8.58. The second-order valence-electron chi connectivity index (χ2n) is 5.53. The molecule has 7 heteroatoms. The summed E-state index contributed by atoms with van der Waals surface area (Å²) in [5.74, 6) is 2.23. The zero-order valence-corrected chi connectivity index (χ0v) is 15.0. The normalized spacial score (nSPS) is 10.2. The predicted octanol–water partition coefficient (Wildman–Crippen LogP) is 3.01. The zero-order chi connectivity index (χ0) is 18.1. The molecule has 0 spiro atoms. The average Bonchev–Trinajstić information content (AvgIpc) is 2.59. The molecule has 2 amide bonds. The second-order valence-corrected chi connectivity index (χ2v) is 5.53. The molecule has 4 N–H and O–H groups in total. The van der Waals surface area contributed by atoms with E-state index in [1.807, 2.05) is 44.2 Å². The number of rotatable bonds is 8. The van der Waals surface area contributed by atoms with Crippen molar-refractivity contribution in [3.8, 4) is 0 Å². The minimum atomic E-state index is -0.213. The zero-order valence-electron chi connectivity index (χ0n) is 15.0.